The first-order valence-electron chi connectivity index (χ1n) is 6.76. The highest BCUT2D eigenvalue weighted by molar-refractivity contribution is 5.83. The third-order valence-electron chi connectivity index (χ3n) is 3.49. The van der Waals surface area contributed by atoms with Crippen LogP contribution >= 0.6 is 0 Å². The first-order chi connectivity index (χ1) is 8.75. The molecular formula is C13H25N3O3. The maximum absolute atomic E-state index is 12.1. The molecule has 0 aromatic rings. The zero-order chi connectivity index (χ0) is 14.6. The number of carboxylic acids is 1. The number of urea groups is 1. The van der Waals surface area contributed by atoms with Gasteiger partial charge in [0.1, 0.15) is 6.04 Å². The zero-order valence-electron chi connectivity index (χ0n) is 12.3. The third kappa shape index (κ3) is 4.38. The molecular weight excluding hydrogens is 246 g/mol. The van der Waals surface area contributed by atoms with Crippen molar-refractivity contribution in [2.24, 2.45) is 5.41 Å². The number of aliphatic carboxylic acids is 1. The summed E-state index contributed by atoms with van der Waals surface area (Å²) in [6.45, 7) is 11.5. The minimum Gasteiger partial charge on any atom is -0.480 e. The smallest absolute Gasteiger partial charge is 0.326 e. The molecule has 1 fully saturated rings. The number of nitrogens with one attached hydrogen (secondary N) is 1. The molecule has 0 spiro atoms. The molecule has 19 heavy (non-hydrogen) atoms. The predicted octanol–water partition coefficient (Wildman–Crippen LogP) is 0.833. The molecule has 1 aliphatic heterocycles. The number of piperazine rings is 1. The summed E-state index contributed by atoms with van der Waals surface area (Å²) in [7, 11) is 0. The average Bonchev–Trinajstić information content (AvgIpc) is 2.34. The Bertz CT molecular complexity index is 331. The van der Waals surface area contributed by atoms with E-state index in [-0.39, 0.29) is 6.03 Å². The van der Waals surface area contributed by atoms with Crippen molar-refractivity contribution in [1.29, 1.82) is 0 Å². The van der Waals surface area contributed by atoms with E-state index in [0.717, 1.165) is 19.6 Å². The molecule has 1 saturated heterocycles. The highest BCUT2D eigenvalue weighted by atomic mass is 16.4. The Hall–Kier alpha value is -1.30. The fraction of sp³-hybridized carbons (Fsp3) is 0.846. The second-order valence-corrected chi connectivity index (χ2v) is 6.01. The van der Waals surface area contributed by atoms with Gasteiger partial charge in [-0.2, -0.15) is 0 Å². The summed E-state index contributed by atoms with van der Waals surface area (Å²) in [5.74, 6) is -0.993. The molecule has 6 heteroatoms. The Morgan fingerprint density at radius 3 is 2.11 bits per heavy atom. The van der Waals surface area contributed by atoms with Gasteiger partial charge in [-0.3, -0.25) is 0 Å². The van der Waals surface area contributed by atoms with E-state index in [1.54, 1.807) is 25.7 Å². The van der Waals surface area contributed by atoms with Crippen LogP contribution in [-0.2, 0) is 4.79 Å². The normalized spacial score (nSPS) is 19.1. The van der Waals surface area contributed by atoms with E-state index in [0.29, 0.717) is 13.1 Å². The lowest BCUT2D eigenvalue weighted by atomic mass is 9.87. The number of hydrogen-bond donors (Lipinski definition) is 2. The van der Waals surface area contributed by atoms with Crippen LogP contribution in [0.3, 0.4) is 0 Å². The van der Waals surface area contributed by atoms with Gasteiger partial charge in [0, 0.05) is 26.2 Å². The molecule has 1 rings (SSSR count). The van der Waals surface area contributed by atoms with E-state index >= 15 is 0 Å². The second-order valence-electron chi connectivity index (χ2n) is 6.01. The molecule has 1 unspecified atom stereocenters. The minimum atomic E-state index is -0.993. The van der Waals surface area contributed by atoms with Gasteiger partial charge in [-0.05, 0) is 12.0 Å². The second kappa shape index (κ2) is 6.23. The van der Waals surface area contributed by atoms with E-state index < -0.39 is 17.4 Å². The molecule has 0 saturated carbocycles. The van der Waals surface area contributed by atoms with Crippen molar-refractivity contribution in [3.05, 3.63) is 0 Å². The topological polar surface area (TPSA) is 72.9 Å². The van der Waals surface area contributed by atoms with Crippen molar-refractivity contribution in [1.82, 2.24) is 15.1 Å². The number of amides is 2. The van der Waals surface area contributed by atoms with Crippen molar-refractivity contribution in [3.8, 4) is 0 Å². The van der Waals surface area contributed by atoms with Crippen molar-refractivity contribution < 1.29 is 14.7 Å². The van der Waals surface area contributed by atoms with E-state index in [4.69, 9.17) is 0 Å². The predicted molar refractivity (Wildman–Crippen MR) is 73.1 cm³/mol. The lowest BCUT2D eigenvalue weighted by Crippen LogP contribution is -2.57. The van der Waals surface area contributed by atoms with Gasteiger partial charge in [-0.25, -0.2) is 9.59 Å². The number of rotatable bonds is 3. The molecule has 110 valence electrons. The summed E-state index contributed by atoms with van der Waals surface area (Å²) in [5, 5.41) is 11.8. The average molecular weight is 271 g/mol. The van der Waals surface area contributed by atoms with Gasteiger partial charge >= 0.3 is 12.0 Å². The highest BCUT2D eigenvalue weighted by Crippen LogP contribution is 2.19. The zero-order valence-corrected chi connectivity index (χ0v) is 12.3. The molecule has 1 atom stereocenters. The lowest BCUT2D eigenvalue weighted by Gasteiger charge is -2.36. The summed E-state index contributed by atoms with van der Waals surface area (Å²) in [6.07, 6.45) is 0. The Labute approximate surface area is 114 Å². The third-order valence-corrected chi connectivity index (χ3v) is 3.49. The van der Waals surface area contributed by atoms with Crippen molar-refractivity contribution in [3.63, 3.8) is 0 Å². The number of likely N-dealkylation sites (N-methyl/N-ethyl adjacent to an activating group) is 1. The molecule has 0 aliphatic carbocycles. The van der Waals surface area contributed by atoms with Gasteiger partial charge in [0.25, 0.3) is 0 Å². The van der Waals surface area contributed by atoms with Crippen LogP contribution in [0.4, 0.5) is 4.79 Å². The fourth-order valence-electron chi connectivity index (χ4n) is 2.13. The first-order valence-corrected chi connectivity index (χ1v) is 6.76. The maximum Gasteiger partial charge on any atom is 0.326 e. The fourth-order valence-corrected chi connectivity index (χ4v) is 2.13. The van der Waals surface area contributed by atoms with E-state index in [2.05, 4.69) is 17.1 Å². The van der Waals surface area contributed by atoms with Crippen LogP contribution in [0.5, 0.6) is 0 Å². The standard InChI is InChI=1S/C13H25N3O3/c1-5-15-6-8-16(9-7-15)12(19)14-10(11(17)18)13(2,3)4/h10H,5-9H2,1-4H3,(H,14,19)(H,17,18). The van der Waals surface area contributed by atoms with Crippen LogP contribution in [0.15, 0.2) is 0 Å². The Kier molecular flexibility index (Phi) is 5.17. The maximum atomic E-state index is 12.1. The molecule has 1 heterocycles. The highest BCUT2D eigenvalue weighted by Gasteiger charge is 2.34. The van der Waals surface area contributed by atoms with Crippen LogP contribution < -0.4 is 5.32 Å². The van der Waals surface area contributed by atoms with Crippen LogP contribution in [0, 0.1) is 5.41 Å². The number of carbonyl (C=O) groups is 2. The molecule has 2 amide bonds. The van der Waals surface area contributed by atoms with Crippen LogP contribution in [0.1, 0.15) is 27.7 Å². The van der Waals surface area contributed by atoms with Gasteiger partial charge in [-0.1, -0.05) is 27.7 Å². The van der Waals surface area contributed by atoms with E-state index in [1.165, 1.54) is 0 Å². The van der Waals surface area contributed by atoms with E-state index in [9.17, 15) is 14.7 Å². The number of hydrogen-bond acceptors (Lipinski definition) is 3. The van der Waals surface area contributed by atoms with Gasteiger partial charge in [0.2, 0.25) is 0 Å². The number of nitrogens with zero attached hydrogens (tertiary/aromatic N) is 2. The largest absolute Gasteiger partial charge is 0.480 e. The number of carbonyl (C=O) groups excluding carboxylic acids is 1. The number of carboxylic acid groups (broad SMARTS) is 1. The van der Waals surface area contributed by atoms with Crippen molar-refractivity contribution >= 4 is 12.0 Å². The SMILES string of the molecule is CCN1CCN(C(=O)NC(C(=O)O)C(C)(C)C)CC1. The van der Waals surface area contributed by atoms with Crippen molar-refractivity contribution in [2.75, 3.05) is 32.7 Å². The van der Waals surface area contributed by atoms with Crippen LogP contribution in [0.2, 0.25) is 0 Å². The summed E-state index contributed by atoms with van der Waals surface area (Å²) >= 11 is 0. The van der Waals surface area contributed by atoms with E-state index in [1.807, 2.05) is 0 Å². The van der Waals surface area contributed by atoms with Gasteiger partial charge in [0.15, 0.2) is 0 Å². The van der Waals surface area contributed by atoms with Crippen LogP contribution in [0.25, 0.3) is 0 Å². The molecule has 0 radical (unpaired) electrons. The molecule has 2 N–H and O–H groups in total. The van der Waals surface area contributed by atoms with Gasteiger partial charge in [-0.15, -0.1) is 0 Å². The monoisotopic (exact) mass is 271 g/mol. The molecule has 0 bridgehead atoms. The summed E-state index contributed by atoms with van der Waals surface area (Å²) in [5.41, 5.74) is -0.507. The minimum absolute atomic E-state index is 0.280. The first kappa shape index (κ1) is 15.8. The molecule has 0 aromatic carbocycles. The van der Waals surface area contributed by atoms with Crippen LogP contribution in [-0.4, -0.2) is 65.7 Å². The summed E-state index contributed by atoms with van der Waals surface area (Å²) < 4.78 is 0. The molecule has 6 nitrogen and oxygen atoms in total. The van der Waals surface area contributed by atoms with Crippen molar-refractivity contribution in [2.45, 2.75) is 33.7 Å². The Balaban J connectivity index is 2.57. The summed E-state index contributed by atoms with van der Waals surface area (Å²) in [4.78, 5) is 27.3. The quantitative estimate of drug-likeness (QED) is 0.797. The van der Waals surface area contributed by atoms with Gasteiger partial charge in [0.05, 0.1) is 0 Å². The molecule has 0 aromatic heterocycles. The van der Waals surface area contributed by atoms with Gasteiger partial charge < -0.3 is 20.2 Å². The lowest BCUT2D eigenvalue weighted by molar-refractivity contribution is -0.142. The Morgan fingerprint density at radius 1 is 1.21 bits per heavy atom. The Morgan fingerprint density at radius 2 is 1.74 bits per heavy atom. The summed E-state index contributed by atoms with van der Waals surface area (Å²) in [6, 6.07) is -1.15. The molecule has 1 aliphatic rings.